The number of ether oxygens (including phenoxy) is 1. The van der Waals surface area contributed by atoms with Gasteiger partial charge in [-0.3, -0.25) is 0 Å². The molecule has 4 atom stereocenters. The third-order valence-electron chi connectivity index (χ3n) is 6.88. The Bertz CT molecular complexity index is 1010. The molecule has 0 heterocycles. The Morgan fingerprint density at radius 2 is 1.62 bits per heavy atom. The molecule has 2 aliphatic rings. The van der Waals surface area contributed by atoms with Crippen molar-refractivity contribution in [2.45, 2.75) is 50.8 Å². The molecule has 2 aromatic carbocycles. The maximum Gasteiger partial charge on any atom is 0.573 e. The van der Waals surface area contributed by atoms with Gasteiger partial charge in [-0.15, -0.1) is 19.8 Å². The normalized spacial score (nSPS) is 25.2. The Balaban J connectivity index is 1.39. The van der Waals surface area contributed by atoms with Gasteiger partial charge in [-0.1, -0.05) is 30.0 Å². The molecule has 2 saturated carbocycles. The second kappa shape index (κ2) is 9.40. The van der Waals surface area contributed by atoms with Gasteiger partial charge in [0.05, 0.1) is 5.56 Å². The van der Waals surface area contributed by atoms with Crippen LogP contribution < -0.4 is 4.74 Å². The van der Waals surface area contributed by atoms with Crippen molar-refractivity contribution in [3.63, 3.8) is 0 Å². The molecular weight excluding hydrogens is 416 g/mol. The summed E-state index contributed by atoms with van der Waals surface area (Å²) in [5.74, 6) is 7.02. The number of halogens is 4. The molecule has 0 saturated heterocycles. The fourth-order valence-corrected chi connectivity index (χ4v) is 5.21. The zero-order valence-corrected chi connectivity index (χ0v) is 17.8. The van der Waals surface area contributed by atoms with Crippen LogP contribution in [0, 0.1) is 35.4 Å². The van der Waals surface area contributed by atoms with Crippen molar-refractivity contribution in [2.24, 2.45) is 17.8 Å². The second-order valence-corrected chi connectivity index (χ2v) is 8.90. The Morgan fingerprint density at radius 1 is 0.906 bits per heavy atom. The Hall–Kier alpha value is -2.74. The van der Waals surface area contributed by atoms with Gasteiger partial charge >= 0.3 is 6.36 Å². The maximum absolute atomic E-state index is 14.1. The number of hydrogen-bond donors (Lipinski definition) is 0. The summed E-state index contributed by atoms with van der Waals surface area (Å²) in [5, 5.41) is 0. The van der Waals surface area contributed by atoms with Gasteiger partial charge < -0.3 is 4.74 Å². The number of fused-ring (bicyclic) bond motifs is 1. The van der Waals surface area contributed by atoms with Crippen LogP contribution >= 0.6 is 0 Å². The van der Waals surface area contributed by atoms with Crippen LogP contribution in [-0.4, -0.2) is 6.36 Å². The lowest BCUT2D eigenvalue weighted by atomic mass is 9.64. The highest BCUT2D eigenvalue weighted by atomic mass is 19.4. The van der Waals surface area contributed by atoms with Gasteiger partial charge in [0.15, 0.2) is 0 Å². The molecule has 168 valence electrons. The van der Waals surface area contributed by atoms with Gasteiger partial charge in [-0.05, 0) is 92.0 Å². The molecule has 5 heteroatoms. The molecule has 0 N–H and O–H groups in total. The summed E-state index contributed by atoms with van der Waals surface area (Å²) in [6.07, 6.45) is 4.81. The largest absolute Gasteiger partial charge is 0.573 e. The average molecular weight is 442 g/mol. The summed E-state index contributed by atoms with van der Waals surface area (Å²) in [6.45, 7) is 3.97. The van der Waals surface area contributed by atoms with Crippen LogP contribution in [0.5, 0.6) is 5.75 Å². The molecule has 4 unspecified atom stereocenters. The van der Waals surface area contributed by atoms with Crippen molar-refractivity contribution in [1.82, 2.24) is 0 Å². The lowest BCUT2D eigenvalue weighted by Gasteiger charge is -2.41. The van der Waals surface area contributed by atoms with Gasteiger partial charge in [0.1, 0.15) is 11.6 Å². The molecule has 32 heavy (non-hydrogen) atoms. The van der Waals surface area contributed by atoms with Crippen LogP contribution in [0.3, 0.4) is 0 Å². The molecule has 0 aromatic heterocycles. The predicted octanol–water partition coefficient (Wildman–Crippen LogP) is 7.61. The topological polar surface area (TPSA) is 9.23 Å². The lowest BCUT2D eigenvalue weighted by molar-refractivity contribution is -0.274. The SMILES string of the molecule is C=CC1CCC2CC(c3ccc(C#Cc4ccc(OC(F)(F)F)cc4F)cc3)CCC2C1. The lowest BCUT2D eigenvalue weighted by Crippen LogP contribution is -2.29. The summed E-state index contributed by atoms with van der Waals surface area (Å²) >= 11 is 0. The highest BCUT2D eigenvalue weighted by Gasteiger charge is 2.35. The second-order valence-electron chi connectivity index (χ2n) is 8.90. The van der Waals surface area contributed by atoms with Crippen LogP contribution in [-0.2, 0) is 0 Å². The minimum absolute atomic E-state index is 0.0250. The third kappa shape index (κ3) is 5.54. The van der Waals surface area contributed by atoms with Crippen LogP contribution in [0.15, 0.2) is 55.1 Å². The van der Waals surface area contributed by atoms with E-state index in [9.17, 15) is 17.6 Å². The first-order chi connectivity index (χ1) is 15.3. The van der Waals surface area contributed by atoms with E-state index < -0.39 is 17.9 Å². The van der Waals surface area contributed by atoms with Crippen molar-refractivity contribution in [1.29, 1.82) is 0 Å². The van der Waals surface area contributed by atoms with Gasteiger partial charge in [0, 0.05) is 11.6 Å². The molecular formula is C27H26F4O. The summed E-state index contributed by atoms with van der Waals surface area (Å²) in [4.78, 5) is 0. The van der Waals surface area contributed by atoms with Crippen LogP contribution in [0.1, 0.15) is 61.1 Å². The third-order valence-corrected chi connectivity index (χ3v) is 6.88. The standard InChI is InChI=1S/C27H26F4O/c1-2-18-3-10-24-16-23(12-11-22(24)15-18)20-7-4-19(5-8-20)6-9-21-13-14-25(17-26(21)28)32-27(29,30)31/h2,4-5,7-8,13-14,17-18,22-24H,1,3,10-12,15-16H2. The highest BCUT2D eigenvalue weighted by Crippen LogP contribution is 2.47. The molecule has 2 fully saturated rings. The van der Waals surface area contributed by atoms with Crippen LogP contribution in [0.25, 0.3) is 0 Å². The monoisotopic (exact) mass is 442 g/mol. The average Bonchev–Trinajstić information content (AvgIpc) is 2.77. The highest BCUT2D eigenvalue weighted by molar-refractivity contribution is 5.46. The molecule has 0 bridgehead atoms. The number of alkyl halides is 3. The van der Waals surface area contributed by atoms with E-state index in [2.05, 4.69) is 41.4 Å². The van der Waals surface area contributed by atoms with E-state index in [1.807, 2.05) is 12.1 Å². The molecule has 0 radical (unpaired) electrons. The summed E-state index contributed by atoms with van der Waals surface area (Å²) in [5.41, 5.74) is 2.08. The minimum atomic E-state index is -4.86. The molecule has 2 aliphatic carbocycles. The molecule has 0 aliphatic heterocycles. The Kier molecular flexibility index (Phi) is 6.60. The van der Waals surface area contributed by atoms with Gasteiger partial charge in [0.2, 0.25) is 0 Å². The van der Waals surface area contributed by atoms with Gasteiger partial charge in [-0.2, -0.15) is 0 Å². The Morgan fingerprint density at radius 3 is 2.31 bits per heavy atom. The van der Waals surface area contributed by atoms with Crippen molar-refractivity contribution in [2.75, 3.05) is 0 Å². The van der Waals surface area contributed by atoms with Crippen molar-refractivity contribution < 1.29 is 22.3 Å². The van der Waals surface area contributed by atoms with E-state index in [4.69, 9.17) is 0 Å². The van der Waals surface area contributed by atoms with Crippen LogP contribution in [0.4, 0.5) is 17.6 Å². The number of hydrogen-bond acceptors (Lipinski definition) is 1. The first-order valence-corrected chi connectivity index (χ1v) is 11.1. The van der Waals surface area contributed by atoms with Crippen molar-refractivity contribution in [3.05, 3.63) is 77.6 Å². The van der Waals surface area contributed by atoms with Crippen molar-refractivity contribution in [3.8, 4) is 17.6 Å². The first-order valence-electron chi connectivity index (χ1n) is 11.1. The van der Waals surface area contributed by atoms with Gasteiger partial charge in [-0.25, -0.2) is 4.39 Å². The molecule has 4 rings (SSSR count). The number of benzene rings is 2. The van der Waals surface area contributed by atoms with E-state index in [0.717, 1.165) is 23.5 Å². The molecule has 1 nitrogen and oxygen atoms in total. The van der Waals surface area contributed by atoms with E-state index in [1.54, 1.807) is 0 Å². The van der Waals surface area contributed by atoms with E-state index in [1.165, 1.54) is 50.2 Å². The van der Waals surface area contributed by atoms with Gasteiger partial charge in [0.25, 0.3) is 0 Å². The Labute approximate surface area is 186 Å². The molecule has 2 aromatic rings. The first kappa shape index (κ1) is 22.5. The smallest absolute Gasteiger partial charge is 0.406 e. The quantitative estimate of drug-likeness (QED) is 0.270. The van der Waals surface area contributed by atoms with E-state index >= 15 is 0 Å². The zero-order valence-electron chi connectivity index (χ0n) is 17.8. The zero-order chi connectivity index (χ0) is 22.7. The predicted molar refractivity (Wildman–Crippen MR) is 117 cm³/mol. The number of allylic oxidation sites excluding steroid dienone is 1. The van der Waals surface area contributed by atoms with Crippen LogP contribution in [0.2, 0.25) is 0 Å². The fraction of sp³-hybridized carbons (Fsp3) is 0.407. The molecule has 0 spiro atoms. The fourth-order valence-electron chi connectivity index (χ4n) is 5.21. The van der Waals surface area contributed by atoms with E-state index in [-0.39, 0.29) is 5.56 Å². The summed E-state index contributed by atoms with van der Waals surface area (Å²) in [7, 11) is 0. The maximum atomic E-state index is 14.1. The van der Waals surface area contributed by atoms with E-state index in [0.29, 0.717) is 17.9 Å². The minimum Gasteiger partial charge on any atom is -0.406 e. The summed E-state index contributed by atoms with van der Waals surface area (Å²) < 4.78 is 54.5. The summed E-state index contributed by atoms with van der Waals surface area (Å²) in [6, 6.07) is 11.0. The number of rotatable bonds is 3. The molecule has 0 amide bonds. The van der Waals surface area contributed by atoms with Crippen molar-refractivity contribution >= 4 is 0 Å².